The first-order valence-corrected chi connectivity index (χ1v) is 9.23. The zero-order chi connectivity index (χ0) is 22.5. The molecule has 2 aromatic carbocycles. The second kappa shape index (κ2) is 8.99. The molecule has 0 unspecified atom stereocenters. The highest BCUT2D eigenvalue weighted by molar-refractivity contribution is 6.32. The minimum atomic E-state index is -1.39. The van der Waals surface area contributed by atoms with Crippen LogP contribution >= 0.6 is 0 Å². The van der Waals surface area contributed by atoms with Gasteiger partial charge in [-0.3, -0.25) is 24.5 Å². The topological polar surface area (TPSA) is 137 Å². The molecule has 0 spiro atoms. The molecule has 1 saturated heterocycles. The Kier molecular flexibility index (Phi) is 6.20. The van der Waals surface area contributed by atoms with Crippen molar-refractivity contribution in [1.82, 2.24) is 10.7 Å². The molecule has 1 aliphatic rings. The lowest BCUT2D eigenvalue weighted by molar-refractivity contribution is -0.131. The number of anilines is 2. The number of amides is 6. The van der Waals surface area contributed by atoms with Gasteiger partial charge in [-0.2, -0.15) is 5.10 Å². The minimum absolute atomic E-state index is 0.240. The Hall–Kier alpha value is -4.34. The summed E-state index contributed by atoms with van der Waals surface area (Å²) in [5, 5.41) is 8.38. The van der Waals surface area contributed by atoms with E-state index < -0.39 is 29.7 Å². The van der Waals surface area contributed by atoms with Gasteiger partial charge in [-0.1, -0.05) is 17.7 Å². The fraction of sp³-hybridized carbons (Fsp3) is 0.143. The summed E-state index contributed by atoms with van der Waals surface area (Å²) in [7, 11) is 0. The molecule has 3 rings (SSSR count). The van der Waals surface area contributed by atoms with E-state index in [9.17, 15) is 24.0 Å². The Morgan fingerprint density at radius 1 is 1.03 bits per heavy atom. The van der Waals surface area contributed by atoms with Crippen molar-refractivity contribution in [1.29, 1.82) is 0 Å². The third kappa shape index (κ3) is 4.99. The quantitative estimate of drug-likeness (QED) is 0.382. The van der Waals surface area contributed by atoms with Gasteiger partial charge in [0.15, 0.2) is 5.92 Å². The Labute approximate surface area is 177 Å². The highest BCUT2D eigenvalue weighted by atomic mass is 16.2. The van der Waals surface area contributed by atoms with Crippen molar-refractivity contribution in [3.05, 3.63) is 59.7 Å². The van der Waals surface area contributed by atoms with Crippen molar-refractivity contribution < 1.29 is 24.0 Å². The molecule has 0 aliphatic carbocycles. The third-order valence-electron chi connectivity index (χ3n) is 4.35. The number of carbonyl (C=O) groups is 5. The van der Waals surface area contributed by atoms with Gasteiger partial charge in [0, 0.05) is 24.4 Å². The van der Waals surface area contributed by atoms with Crippen LogP contribution in [0.5, 0.6) is 0 Å². The van der Waals surface area contributed by atoms with Gasteiger partial charge >= 0.3 is 6.03 Å². The average molecular weight is 421 g/mol. The maximum absolute atomic E-state index is 12.7. The summed E-state index contributed by atoms with van der Waals surface area (Å²) in [5.41, 5.74) is 4.25. The van der Waals surface area contributed by atoms with Crippen molar-refractivity contribution in [2.24, 2.45) is 11.0 Å². The highest BCUT2D eigenvalue weighted by Crippen LogP contribution is 2.20. The van der Waals surface area contributed by atoms with Crippen LogP contribution in [-0.4, -0.2) is 35.9 Å². The number of urea groups is 1. The number of benzene rings is 2. The van der Waals surface area contributed by atoms with Crippen molar-refractivity contribution in [3.8, 4) is 0 Å². The molecule has 10 nitrogen and oxygen atoms in total. The van der Waals surface area contributed by atoms with Gasteiger partial charge in [-0.25, -0.2) is 15.1 Å². The summed E-state index contributed by atoms with van der Waals surface area (Å²) in [5.74, 6) is -3.83. The number of nitrogens with one attached hydrogen (secondary N) is 3. The van der Waals surface area contributed by atoms with Crippen molar-refractivity contribution in [2.75, 3.05) is 10.2 Å². The smallest absolute Gasteiger partial charge is 0.326 e. The van der Waals surface area contributed by atoms with Gasteiger partial charge in [-0.05, 0) is 43.3 Å². The predicted octanol–water partition coefficient (Wildman–Crippen LogP) is 1.57. The van der Waals surface area contributed by atoms with Crippen LogP contribution < -0.4 is 21.0 Å². The van der Waals surface area contributed by atoms with Gasteiger partial charge < -0.3 is 5.32 Å². The lowest BCUT2D eigenvalue weighted by Gasteiger charge is -2.28. The summed E-state index contributed by atoms with van der Waals surface area (Å²) < 4.78 is 0. The van der Waals surface area contributed by atoms with Crippen LogP contribution in [-0.2, 0) is 14.4 Å². The lowest BCUT2D eigenvalue weighted by atomic mass is 10.1. The molecule has 1 atom stereocenters. The first kappa shape index (κ1) is 21.4. The van der Waals surface area contributed by atoms with Crippen LogP contribution in [0.3, 0.4) is 0 Å². The summed E-state index contributed by atoms with van der Waals surface area (Å²) in [4.78, 5) is 61.0. The summed E-state index contributed by atoms with van der Waals surface area (Å²) in [6.45, 7) is 3.22. The molecule has 10 heteroatoms. The Bertz CT molecular complexity index is 1080. The molecule has 2 aromatic rings. The number of hydrogen-bond acceptors (Lipinski definition) is 6. The second-order valence-electron chi connectivity index (χ2n) is 6.76. The Morgan fingerprint density at radius 2 is 1.68 bits per heavy atom. The SMILES string of the molecule is CC(=O)Nc1ccc(C(=O)N/N=C\[C@@H]2C(=O)NC(=O)N(c3ccc(C)cc3)C2=O)cc1. The van der Waals surface area contributed by atoms with E-state index in [1.54, 1.807) is 36.4 Å². The van der Waals surface area contributed by atoms with Crippen LogP contribution in [0.1, 0.15) is 22.8 Å². The van der Waals surface area contributed by atoms with E-state index in [0.29, 0.717) is 11.4 Å². The van der Waals surface area contributed by atoms with Gasteiger partial charge in [0.05, 0.1) is 5.69 Å². The van der Waals surface area contributed by atoms with Crippen LogP contribution in [0, 0.1) is 12.8 Å². The van der Waals surface area contributed by atoms with E-state index in [4.69, 9.17) is 0 Å². The molecule has 0 bridgehead atoms. The van der Waals surface area contributed by atoms with Crippen LogP contribution in [0.4, 0.5) is 16.2 Å². The normalized spacial score (nSPS) is 16.3. The van der Waals surface area contributed by atoms with Gasteiger partial charge in [0.1, 0.15) is 0 Å². The number of nitrogens with zero attached hydrogens (tertiary/aromatic N) is 2. The fourth-order valence-electron chi connectivity index (χ4n) is 2.80. The fourth-order valence-corrected chi connectivity index (χ4v) is 2.80. The molecule has 1 aliphatic heterocycles. The summed E-state index contributed by atoms with van der Waals surface area (Å²) >= 11 is 0. The van der Waals surface area contributed by atoms with E-state index in [1.807, 2.05) is 6.92 Å². The van der Waals surface area contributed by atoms with Crippen LogP contribution in [0.15, 0.2) is 53.6 Å². The number of imide groups is 2. The first-order chi connectivity index (χ1) is 14.8. The molecule has 0 aromatic heterocycles. The zero-order valence-electron chi connectivity index (χ0n) is 16.7. The van der Waals surface area contributed by atoms with E-state index in [2.05, 4.69) is 21.2 Å². The number of hydrogen-bond donors (Lipinski definition) is 3. The number of rotatable bonds is 5. The average Bonchev–Trinajstić information content (AvgIpc) is 2.71. The molecule has 1 heterocycles. The molecular formula is C21H19N5O5. The van der Waals surface area contributed by atoms with Crippen LogP contribution in [0.25, 0.3) is 0 Å². The molecular weight excluding hydrogens is 402 g/mol. The van der Waals surface area contributed by atoms with E-state index in [1.165, 1.54) is 19.1 Å². The number of barbiturate groups is 1. The summed E-state index contributed by atoms with van der Waals surface area (Å²) in [6.07, 6.45) is 0.967. The number of aryl methyl sites for hydroxylation is 1. The largest absolute Gasteiger partial charge is 0.335 e. The molecule has 0 saturated carbocycles. The van der Waals surface area contributed by atoms with E-state index in [-0.39, 0.29) is 11.5 Å². The zero-order valence-corrected chi connectivity index (χ0v) is 16.7. The molecule has 6 amide bonds. The molecule has 31 heavy (non-hydrogen) atoms. The molecule has 158 valence electrons. The third-order valence-corrected chi connectivity index (χ3v) is 4.35. The Morgan fingerprint density at radius 3 is 2.29 bits per heavy atom. The first-order valence-electron chi connectivity index (χ1n) is 9.23. The van der Waals surface area contributed by atoms with Crippen LogP contribution in [0.2, 0.25) is 0 Å². The molecule has 1 fully saturated rings. The second-order valence-corrected chi connectivity index (χ2v) is 6.76. The number of hydrazone groups is 1. The Balaban J connectivity index is 1.68. The predicted molar refractivity (Wildman–Crippen MR) is 112 cm³/mol. The van der Waals surface area contributed by atoms with Crippen molar-refractivity contribution in [3.63, 3.8) is 0 Å². The van der Waals surface area contributed by atoms with Gasteiger partial charge in [0.25, 0.3) is 11.8 Å². The standard InChI is InChI=1S/C21H19N5O5/c1-12-3-9-16(10-4-12)26-20(30)17(19(29)24-21(26)31)11-22-25-18(28)14-5-7-15(8-6-14)23-13(2)27/h3-11,17H,1-2H3,(H,23,27)(H,25,28)(H,24,29,31)/b22-11-/t17-/m1/s1. The van der Waals surface area contributed by atoms with Gasteiger partial charge in [-0.15, -0.1) is 0 Å². The van der Waals surface area contributed by atoms with Crippen molar-refractivity contribution >= 4 is 47.2 Å². The van der Waals surface area contributed by atoms with E-state index in [0.717, 1.165) is 16.7 Å². The van der Waals surface area contributed by atoms with Gasteiger partial charge in [0.2, 0.25) is 11.8 Å². The monoisotopic (exact) mass is 421 g/mol. The minimum Gasteiger partial charge on any atom is -0.326 e. The maximum Gasteiger partial charge on any atom is 0.335 e. The summed E-state index contributed by atoms with van der Waals surface area (Å²) in [6, 6.07) is 11.8. The number of carbonyl (C=O) groups excluding carboxylic acids is 5. The molecule has 3 N–H and O–H groups in total. The van der Waals surface area contributed by atoms with E-state index >= 15 is 0 Å². The highest BCUT2D eigenvalue weighted by Gasteiger charge is 2.40. The lowest BCUT2D eigenvalue weighted by Crippen LogP contribution is -2.58. The maximum atomic E-state index is 12.7. The molecule has 0 radical (unpaired) electrons. The van der Waals surface area contributed by atoms with Crippen molar-refractivity contribution in [2.45, 2.75) is 13.8 Å².